The maximum absolute atomic E-state index is 6.07. The van der Waals surface area contributed by atoms with Crippen molar-refractivity contribution in [2.45, 2.75) is 26.2 Å². The Morgan fingerprint density at radius 1 is 1.16 bits per heavy atom. The first-order valence-corrected chi connectivity index (χ1v) is 7.38. The molecule has 0 saturated heterocycles. The quantitative estimate of drug-likeness (QED) is 0.595. The third kappa shape index (κ3) is 3.79. The number of hydrogen-bond acceptors (Lipinski definition) is 3. The summed E-state index contributed by atoms with van der Waals surface area (Å²) in [5, 5.41) is 3.73. The molecule has 0 radical (unpaired) electrons. The van der Waals surface area contributed by atoms with Gasteiger partial charge in [0.2, 0.25) is 0 Å². The summed E-state index contributed by atoms with van der Waals surface area (Å²) in [6.45, 7) is 6.19. The lowest BCUT2D eigenvalue weighted by Crippen LogP contribution is -2.16. The highest BCUT2D eigenvalue weighted by atomic mass is 127. The number of benzene rings is 1. The van der Waals surface area contributed by atoms with E-state index in [1.165, 1.54) is 0 Å². The standard InChI is InChI=1S/C14H15ClIN3/c1-14(2,3)13-18-11(15)8-12(19-13)17-10-7-5-4-6-9(10)16/h4-8H,1-3H3,(H,17,18,19). The van der Waals surface area contributed by atoms with Crippen LogP contribution in [0.5, 0.6) is 0 Å². The fourth-order valence-electron chi connectivity index (χ4n) is 1.52. The lowest BCUT2D eigenvalue weighted by Gasteiger charge is -2.18. The number of para-hydroxylation sites is 1. The predicted molar refractivity (Wildman–Crippen MR) is 88.2 cm³/mol. The minimum atomic E-state index is -0.134. The highest BCUT2D eigenvalue weighted by molar-refractivity contribution is 14.1. The summed E-state index contributed by atoms with van der Waals surface area (Å²) in [7, 11) is 0. The zero-order valence-electron chi connectivity index (χ0n) is 11.0. The Morgan fingerprint density at radius 3 is 2.47 bits per heavy atom. The molecule has 1 heterocycles. The molecule has 19 heavy (non-hydrogen) atoms. The van der Waals surface area contributed by atoms with Gasteiger partial charge in [-0.15, -0.1) is 0 Å². The summed E-state index contributed by atoms with van der Waals surface area (Å²) in [6.07, 6.45) is 0. The van der Waals surface area contributed by atoms with Crippen LogP contribution in [0, 0.1) is 3.57 Å². The van der Waals surface area contributed by atoms with Gasteiger partial charge in [0.15, 0.2) is 0 Å². The second kappa shape index (κ2) is 5.63. The SMILES string of the molecule is CC(C)(C)c1nc(Cl)cc(Nc2ccccc2I)n1. The molecule has 1 N–H and O–H groups in total. The molecule has 0 atom stereocenters. The Labute approximate surface area is 132 Å². The summed E-state index contributed by atoms with van der Waals surface area (Å²) in [6, 6.07) is 9.77. The maximum atomic E-state index is 6.07. The smallest absolute Gasteiger partial charge is 0.137 e. The lowest BCUT2D eigenvalue weighted by molar-refractivity contribution is 0.546. The average Bonchev–Trinajstić information content (AvgIpc) is 2.30. The van der Waals surface area contributed by atoms with Crippen LogP contribution in [0.1, 0.15) is 26.6 Å². The van der Waals surface area contributed by atoms with E-state index < -0.39 is 0 Å². The molecule has 2 aromatic rings. The fraction of sp³-hybridized carbons (Fsp3) is 0.286. The van der Waals surface area contributed by atoms with Crippen LogP contribution in [0.3, 0.4) is 0 Å². The molecule has 0 aliphatic heterocycles. The molecule has 0 saturated carbocycles. The molecule has 0 bridgehead atoms. The van der Waals surface area contributed by atoms with Crippen LogP contribution in [-0.2, 0) is 5.41 Å². The van der Waals surface area contributed by atoms with Crippen molar-refractivity contribution in [3.05, 3.63) is 44.9 Å². The molecule has 0 fully saturated rings. The Bertz CT molecular complexity index is 593. The fourth-order valence-corrected chi connectivity index (χ4v) is 2.22. The minimum Gasteiger partial charge on any atom is -0.339 e. The number of anilines is 2. The second-order valence-corrected chi connectivity index (χ2v) is 6.80. The van der Waals surface area contributed by atoms with Crippen LogP contribution in [-0.4, -0.2) is 9.97 Å². The van der Waals surface area contributed by atoms with E-state index in [4.69, 9.17) is 11.6 Å². The van der Waals surface area contributed by atoms with Gasteiger partial charge in [0, 0.05) is 15.1 Å². The van der Waals surface area contributed by atoms with Gasteiger partial charge in [-0.3, -0.25) is 0 Å². The van der Waals surface area contributed by atoms with E-state index in [0.717, 1.165) is 15.1 Å². The van der Waals surface area contributed by atoms with Crippen molar-refractivity contribution >= 4 is 45.7 Å². The molecule has 3 nitrogen and oxygen atoms in total. The molecule has 1 aromatic heterocycles. The van der Waals surface area contributed by atoms with Gasteiger partial charge < -0.3 is 5.32 Å². The predicted octanol–water partition coefficient (Wildman–Crippen LogP) is 4.78. The van der Waals surface area contributed by atoms with Crippen molar-refractivity contribution in [2.75, 3.05) is 5.32 Å². The topological polar surface area (TPSA) is 37.8 Å². The van der Waals surface area contributed by atoms with E-state index in [1.807, 2.05) is 24.3 Å². The largest absolute Gasteiger partial charge is 0.339 e. The van der Waals surface area contributed by atoms with Crippen LogP contribution < -0.4 is 5.32 Å². The first kappa shape index (κ1) is 14.5. The third-order valence-electron chi connectivity index (χ3n) is 2.50. The molecule has 0 spiro atoms. The van der Waals surface area contributed by atoms with E-state index in [9.17, 15) is 0 Å². The molecule has 100 valence electrons. The number of aromatic nitrogens is 2. The Kier molecular flexibility index (Phi) is 4.30. The van der Waals surface area contributed by atoms with E-state index in [0.29, 0.717) is 11.0 Å². The Hall–Kier alpha value is -0.880. The molecule has 2 rings (SSSR count). The molecule has 0 amide bonds. The normalized spacial score (nSPS) is 11.4. The second-order valence-electron chi connectivity index (χ2n) is 5.25. The van der Waals surface area contributed by atoms with Crippen molar-refractivity contribution in [1.82, 2.24) is 9.97 Å². The zero-order chi connectivity index (χ0) is 14.0. The van der Waals surface area contributed by atoms with Gasteiger partial charge in [0.25, 0.3) is 0 Å². The van der Waals surface area contributed by atoms with Crippen molar-refractivity contribution in [3.63, 3.8) is 0 Å². The first-order valence-electron chi connectivity index (χ1n) is 5.93. The summed E-state index contributed by atoms with van der Waals surface area (Å²) in [5.74, 6) is 1.45. The average molecular weight is 388 g/mol. The van der Waals surface area contributed by atoms with Crippen LogP contribution in [0.4, 0.5) is 11.5 Å². The highest BCUT2D eigenvalue weighted by Gasteiger charge is 2.19. The molecule has 0 aliphatic carbocycles. The molecular weight excluding hydrogens is 373 g/mol. The van der Waals surface area contributed by atoms with Gasteiger partial charge in [0.05, 0.1) is 5.69 Å². The van der Waals surface area contributed by atoms with Crippen LogP contribution >= 0.6 is 34.2 Å². The third-order valence-corrected chi connectivity index (χ3v) is 3.64. The molecular formula is C14H15ClIN3. The Balaban J connectivity index is 2.36. The highest BCUT2D eigenvalue weighted by Crippen LogP contribution is 2.25. The monoisotopic (exact) mass is 387 g/mol. The number of nitrogens with zero attached hydrogens (tertiary/aromatic N) is 2. The van der Waals surface area contributed by atoms with Crippen molar-refractivity contribution in [2.24, 2.45) is 0 Å². The van der Waals surface area contributed by atoms with E-state index in [-0.39, 0.29) is 5.41 Å². The van der Waals surface area contributed by atoms with Gasteiger partial charge in [-0.2, -0.15) is 0 Å². The molecule has 0 unspecified atom stereocenters. The number of halogens is 2. The van der Waals surface area contributed by atoms with E-state index in [2.05, 4.69) is 58.6 Å². The number of hydrogen-bond donors (Lipinski definition) is 1. The lowest BCUT2D eigenvalue weighted by atomic mass is 9.96. The summed E-state index contributed by atoms with van der Waals surface area (Å²) in [4.78, 5) is 8.81. The maximum Gasteiger partial charge on any atom is 0.137 e. The van der Waals surface area contributed by atoms with Crippen LogP contribution in [0.15, 0.2) is 30.3 Å². The minimum absolute atomic E-state index is 0.134. The van der Waals surface area contributed by atoms with Crippen molar-refractivity contribution in [3.8, 4) is 0 Å². The molecule has 0 aliphatic rings. The Morgan fingerprint density at radius 2 is 1.84 bits per heavy atom. The summed E-state index contributed by atoms with van der Waals surface area (Å²) in [5.41, 5.74) is 0.878. The van der Waals surface area contributed by atoms with E-state index >= 15 is 0 Å². The zero-order valence-corrected chi connectivity index (χ0v) is 14.0. The van der Waals surface area contributed by atoms with Crippen LogP contribution in [0.2, 0.25) is 5.15 Å². The van der Waals surface area contributed by atoms with Gasteiger partial charge in [-0.25, -0.2) is 9.97 Å². The van der Waals surface area contributed by atoms with Crippen LogP contribution in [0.25, 0.3) is 0 Å². The van der Waals surface area contributed by atoms with Gasteiger partial charge in [-0.1, -0.05) is 44.5 Å². The van der Waals surface area contributed by atoms with Crippen molar-refractivity contribution < 1.29 is 0 Å². The molecule has 5 heteroatoms. The summed E-state index contributed by atoms with van der Waals surface area (Å²) >= 11 is 8.35. The van der Waals surface area contributed by atoms with Gasteiger partial charge in [0.1, 0.15) is 16.8 Å². The number of rotatable bonds is 2. The summed E-state index contributed by atoms with van der Waals surface area (Å²) < 4.78 is 1.13. The molecule has 1 aromatic carbocycles. The first-order chi connectivity index (χ1) is 8.86. The van der Waals surface area contributed by atoms with Gasteiger partial charge in [-0.05, 0) is 34.7 Å². The van der Waals surface area contributed by atoms with Crippen molar-refractivity contribution in [1.29, 1.82) is 0 Å². The van der Waals surface area contributed by atoms with E-state index in [1.54, 1.807) is 6.07 Å². The number of nitrogens with one attached hydrogen (secondary N) is 1. The van der Waals surface area contributed by atoms with Gasteiger partial charge >= 0.3 is 0 Å².